The number of halogens is 2. The van der Waals surface area contributed by atoms with Crippen LogP contribution in [0.3, 0.4) is 0 Å². The third-order valence-corrected chi connectivity index (χ3v) is 3.42. The van der Waals surface area contributed by atoms with E-state index < -0.39 is 23.3 Å². The van der Waals surface area contributed by atoms with Gasteiger partial charge in [0, 0.05) is 11.6 Å². The minimum Gasteiger partial charge on any atom is -0.472 e. The Morgan fingerprint density at radius 2 is 2.27 bits per heavy atom. The second-order valence-electron chi connectivity index (χ2n) is 4.67. The molecular formula is C13H13F2N3O2S2. The van der Waals surface area contributed by atoms with Crippen LogP contribution in [0.15, 0.2) is 30.9 Å². The zero-order chi connectivity index (χ0) is 16.3. The number of nitrogens with zero attached hydrogens (tertiary/aromatic N) is 3. The summed E-state index contributed by atoms with van der Waals surface area (Å²) in [4.78, 5) is 3.76. The number of thiocarbonyl (C=S) groups is 1. The summed E-state index contributed by atoms with van der Waals surface area (Å²) in [5.74, 6) is -1.65. The molecule has 0 amide bonds. The molecule has 9 heteroatoms. The first-order chi connectivity index (χ1) is 10.3. The summed E-state index contributed by atoms with van der Waals surface area (Å²) in [6.07, 6.45) is 1.68. The molecule has 0 aliphatic heterocycles. The maximum Gasteiger partial charge on any atom is 0.217 e. The van der Waals surface area contributed by atoms with Crippen LogP contribution in [-0.2, 0) is 16.9 Å². The van der Waals surface area contributed by atoms with Crippen LogP contribution in [0.2, 0.25) is 0 Å². The van der Waals surface area contributed by atoms with Gasteiger partial charge in [-0.1, -0.05) is 18.7 Å². The van der Waals surface area contributed by atoms with Crippen molar-refractivity contribution in [3.8, 4) is 0 Å². The summed E-state index contributed by atoms with van der Waals surface area (Å²) in [6, 6.07) is 2.90. The monoisotopic (exact) mass is 345 g/mol. The van der Waals surface area contributed by atoms with Crippen LogP contribution >= 0.6 is 24.8 Å². The highest BCUT2D eigenvalue weighted by Crippen LogP contribution is 2.31. The number of thiol groups is 1. The van der Waals surface area contributed by atoms with Gasteiger partial charge in [0.2, 0.25) is 4.38 Å². The highest BCUT2D eigenvalue weighted by molar-refractivity contribution is 8.10. The Labute approximate surface area is 136 Å². The largest absolute Gasteiger partial charge is 0.472 e. The molecule has 2 rings (SSSR count). The maximum absolute atomic E-state index is 14.1. The standard InChI is InChI=1S/C13H13F2N3O2S2/c1-8(20-12(21)22)13(19,5-18-7-16-6-17-18)10-3-2-9(14)4-11(10)15/h2-4,6-8,19H,5H2,1H3,(H,21,22)/t8-,13-/m1/s1. The van der Waals surface area contributed by atoms with E-state index in [1.54, 1.807) is 0 Å². The number of benzene rings is 1. The van der Waals surface area contributed by atoms with Crippen molar-refractivity contribution in [2.45, 2.75) is 25.2 Å². The average molecular weight is 345 g/mol. The van der Waals surface area contributed by atoms with Gasteiger partial charge in [-0.3, -0.25) is 0 Å². The van der Waals surface area contributed by atoms with Gasteiger partial charge in [0.15, 0.2) is 0 Å². The van der Waals surface area contributed by atoms with Crippen molar-refractivity contribution in [2.24, 2.45) is 0 Å². The molecule has 0 spiro atoms. The Morgan fingerprint density at radius 3 is 2.82 bits per heavy atom. The smallest absolute Gasteiger partial charge is 0.217 e. The Hall–Kier alpha value is -1.58. The van der Waals surface area contributed by atoms with Crippen LogP contribution in [-0.4, -0.2) is 30.4 Å². The molecule has 1 heterocycles. The third kappa shape index (κ3) is 3.60. The quantitative estimate of drug-likeness (QED) is 0.642. The fraction of sp³-hybridized carbons (Fsp3) is 0.308. The second-order valence-corrected chi connectivity index (χ2v) is 5.75. The molecule has 1 aromatic carbocycles. The van der Waals surface area contributed by atoms with Gasteiger partial charge in [-0.25, -0.2) is 18.4 Å². The lowest BCUT2D eigenvalue weighted by atomic mass is 9.88. The lowest BCUT2D eigenvalue weighted by Gasteiger charge is -2.34. The molecule has 0 aliphatic rings. The van der Waals surface area contributed by atoms with Crippen molar-refractivity contribution in [1.29, 1.82) is 0 Å². The van der Waals surface area contributed by atoms with Crippen molar-refractivity contribution in [1.82, 2.24) is 14.8 Å². The van der Waals surface area contributed by atoms with E-state index in [0.29, 0.717) is 6.07 Å². The number of ether oxygens (including phenoxy) is 1. The van der Waals surface area contributed by atoms with Crippen LogP contribution in [0.25, 0.3) is 0 Å². The number of hydrogen-bond donors (Lipinski definition) is 2. The van der Waals surface area contributed by atoms with E-state index in [-0.39, 0.29) is 16.5 Å². The second kappa shape index (κ2) is 6.67. The molecular weight excluding hydrogens is 332 g/mol. The highest BCUT2D eigenvalue weighted by Gasteiger charge is 2.41. The van der Waals surface area contributed by atoms with Gasteiger partial charge < -0.3 is 9.84 Å². The Kier molecular flexibility index (Phi) is 5.09. The lowest BCUT2D eigenvalue weighted by molar-refractivity contribution is -0.0784. The van der Waals surface area contributed by atoms with Gasteiger partial charge >= 0.3 is 0 Å². The first kappa shape index (κ1) is 16.8. The van der Waals surface area contributed by atoms with Crippen molar-refractivity contribution >= 4 is 29.2 Å². The van der Waals surface area contributed by atoms with Gasteiger partial charge in [0.05, 0.1) is 6.54 Å². The average Bonchev–Trinajstić information content (AvgIpc) is 2.90. The van der Waals surface area contributed by atoms with Crippen LogP contribution in [0.5, 0.6) is 0 Å². The fourth-order valence-corrected chi connectivity index (χ4v) is 2.39. The molecule has 118 valence electrons. The first-order valence-electron chi connectivity index (χ1n) is 6.23. The molecule has 22 heavy (non-hydrogen) atoms. The summed E-state index contributed by atoms with van der Waals surface area (Å²) in [6.45, 7) is 1.34. The molecule has 2 aromatic rings. The number of aromatic nitrogens is 3. The number of rotatable bonds is 5. The zero-order valence-corrected chi connectivity index (χ0v) is 13.2. The SMILES string of the molecule is C[C@@H](OC(=S)S)[C@](O)(Cn1cncn1)c1ccc(F)cc1F. The van der Waals surface area contributed by atoms with Crippen LogP contribution in [0.1, 0.15) is 12.5 Å². The predicted octanol–water partition coefficient (Wildman–Crippen LogP) is 2.06. The van der Waals surface area contributed by atoms with Crippen LogP contribution < -0.4 is 0 Å². The maximum atomic E-state index is 14.1. The lowest BCUT2D eigenvalue weighted by Crippen LogP contribution is -2.44. The molecule has 2 atom stereocenters. The summed E-state index contributed by atoms with van der Waals surface area (Å²) in [5.41, 5.74) is -1.99. The van der Waals surface area contributed by atoms with Gasteiger partial charge in [0.1, 0.15) is 36.0 Å². The zero-order valence-electron chi connectivity index (χ0n) is 11.5. The molecule has 1 aromatic heterocycles. The van der Waals surface area contributed by atoms with Crippen LogP contribution in [0.4, 0.5) is 8.78 Å². The molecule has 0 unspecified atom stereocenters. The Balaban J connectivity index is 2.45. The molecule has 1 N–H and O–H groups in total. The van der Waals surface area contributed by atoms with E-state index in [4.69, 9.17) is 17.0 Å². The normalized spacial score (nSPS) is 15.1. The van der Waals surface area contributed by atoms with E-state index in [1.807, 2.05) is 0 Å². The van der Waals surface area contributed by atoms with Crippen molar-refractivity contribution < 1.29 is 18.6 Å². The molecule has 0 saturated heterocycles. The highest BCUT2D eigenvalue weighted by atomic mass is 32.1. The molecule has 0 saturated carbocycles. The minimum atomic E-state index is -1.85. The first-order valence-corrected chi connectivity index (χ1v) is 7.08. The van der Waals surface area contributed by atoms with Crippen LogP contribution in [0, 0.1) is 11.6 Å². The summed E-state index contributed by atoms with van der Waals surface area (Å²) in [5, 5.41) is 14.9. The van der Waals surface area contributed by atoms with E-state index in [1.165, 1.54) is 24.3 Å². The van der Waals surface area contributed by atoms with Gasteiger partial charge in [-0.15, -0.1) is 0 Å². The molecule has 0 fully saturated rings. The molecule has 0 bridgehead atoms. The third-order valence-electron chi connectivity index (χ3n) is 3.22. The van der Waals surface area contributed by atoms with E-state index >= 15 is 0 Å². The topological polar surface area (TPSA) is 60.2 Å². The number of aliphatic hydroxyl groups is 1. The van der Waals surface area contributed by atoms with Gasteiger partial charge in [0.25, 0.3) is 0 Å². The van der Waals surface area contributed by atoms with Crippen molar-refractivity contribution in [3.05, 3.63) is 48.1 Å². The summed E-state index contributed by atoms with van der Waals surface area (Å²) >= 11 is 8.58. The summed E-state index contributed by atoms with van der Waals surface area (Å²) < 4.78 is 33.7. The van der Waals surface area contributed by atoms with Crippen molar-refractivity contribution in [2.75, 3.05) is 0 Å². The van der Waals surface area contributed by atoms with E-state index in [0.717, 1.165) is 12.1 Å². The van der Waals surface area contributed by atoms with Gasteiger partial charge in [-0.2, -0.15) is 5.10 Å². The molecule has 5 nitrogen and oxygen atoms in total. The number of hydrogen-bond acceptors (Lipinski definition) is 5. The fourth-order valence-electron chi connectivity index (χ4n) is 2.08. The summed E-state index contributed by atoms with van der Waals surface area (Å²) in [7, 11) is 0. The molecule has 0 aliphatic carbocycles. The van der Waals surface area contributed by atoms with E-state index in [2.05, 4.69) is 22.7 Å². The predicted molar refractivity (Wildman–Crippen MR) is 82.4 cm³/mol. The molecule has 0 radical (unpaired) electrons. The minimum absolute atomic E-state index is 0.105. The van der Waals surface area contributed by atoms with E-state index in [9.17, 15) is 13.9 Å². The Morgan fingerprint density at radius 1 is 1.55 bits per heavy atom. The van der Waals surface area contributed by atoms with Gasteiger partial charge in [-0.05, 0) is 25.2 Å². The van der Waals surface area contributed by atoms with Crippen molar-refractivity contribution in [3.63, 3.8) is 0 Å². The Bertz CT molecular complexity index is 669.